The summed E-state index contributed by atoms with van der Waals surface area (Å²) in [7, 11) is 1.60. The number of halogens is 1. The molecule has 0 spiro atoms. The summed E-state index contributed by atoms with van der Waals surface area (Å²) >= 11 is 3.50. The maximum atomic E-state index is 13.2. The summed E-state index contributed by atoms with van der Waals surface area (Å²) in [6.45, 7) is 2.80. The number of nitrogens with one attached hydrogen (secondary N) is 1. The first kappa shape index (κ1) is 21.8. The zero-order valence-corrected chi connectivity index (χ0v) is 19.3. The van der Waals surface area contributed by atoms with Gasteiger partial charge in [0, 0.05) is 34.4 Å². The number of pyridine rings is 2. The van der Waals surface area contributed by atoms with Gasteiger partial charge in [-0.1, -0.05) is 22.0 Å². The first-order valence-corrected chi connectivity index (χ1v) is 11.0. The highest BCUT2D eigenvalue weighted by Crippen LogP contribution is 2.29. The van der Waals surface area contributed by atoms with Crippen LogP contribution in [0.2, 0.25) is 0 Å². The third-order valence-corrected chi connectivity index (χ3v) is 5.45. The van der Waals surface area contributed by atoms with Crippen molar-refractivity contribution in [3.05, 3.63) is 82.6 Å². The predicted molar refractivity (Wildman–Crippen MR) is 128 cm³/mol. The average molecular weight is 492 g/mol. The highest BCUT2D eigenvalue weighted by atomic mass is 79.9. The van der Waals surface area contributed by atoms with Crippen LogP contribution < -0.4 is 14.8 Å². The van der Waals surface area contributed by atoms with Gasteiger partial charge in [-0.25, -0.2) is 4.98 Å². The molecule has 4 rings (SSSR count). The lowest BCUT2D eigenvalue weighted by Gasteiger charge is -2.13. The van der Waals surface area contributed by atoms with Crippen molar-refractivity contribution in [3.8, 4) is 22.8 Å². The van der Waals surface area contributed by atoms with Crippen molar-refractivity contribution in [2.24, 2.45) is 0 Å². The second-order valence-electron chi connectivity index (χ2n) is 7.06. The number of hydrogen-bond acceptors (Lipinski definition) is 5. The Morgan fingerprint density at radius 1 is 1.09 bits per heavy atom. The standard InChI is InChI=1S/C25H22BrN3O3/c1-3-32-24-11-16(6-9-23(24)31-2)14-28-25(30)20-13-22(17-5-4-10-27-15-17)29-21-8-7-18(26)12-19(20)21/h4-13,15H,3,14H2,1-2H3,(H,28,30). The quantitative estimate of drug-likeness (QED) is 0.374. The number of ether oxygens (including phenoxy) is 2. The number of carbonyl (C=O) groups is 1. The van der Waals surface area contributed by atoms with Crippen LogP contribution in [0.3, 0.4) is 0 Å². The van der Waals surface area contributed by atoms with Gasteiger partial charge in [0.05, 0.1) is 30.5 Å². The fraction of sp³-hybridized carbons (Fsp3) is 0.160. The summed E-state index contributed by atoms with van der Waals surface area (Å²) in [5.41, 5.74) is 3.75. The van der Waals surface area contributed by atoms with E-state index in [0.29, 0.717) is 35.9 Å². The molecule has 0 radical (unpaired) electrons. The molecule has 0 saturated heterocycles. The SMILES string of the molecule is CCOc1cc(CNC(=O)c2cc(-c3cccnc3)nc3ccc(Br)cc23)ccc1OC. The highest BCUT2D eigenvalue weighted by molar-refractivity contribution is 9.10. The van der Waals surface area contributed by atoms with Crippen LogP contribution in [-0.4, -0.2) is 29.6 Å². The number of amides is 1. The summed E-state index contributed by atoms with van der Waals surface area (Å²) in [6, 6.07) is 16.9. The van der Waals surface area contributed by atoms with Crippen molar-refractivity contribution in [1.82, 2.24) is 15.3 Å². The Morgan fingerprint density at radius 3 is 2.72 bits per heavy atom. The first-order chi connectivity index (χ1) is 15.6. The monoisotopic (exact) mass is 491 g/mol. The minimum atomic E-state index is -0.186. The van der Waals surface area contributed by atoms with Gasteiger partial charge in [0.1, 0.15) is 0 Å². The molecule has 0 bridgehead atoms. The summed E-state index contributed by atoms with van der Waals surface area (Å²) in [5.74, 6) is 1.13. The van der Waals surface area contributed by atoms with Crippen molar-refractivity contribution >= 4 is 32.7 Å². The van der Waals surface area contributed by atoms with Gasteiger partial charge in [-0.15, -0.1) is 0 Å². The number of methoxy groups -OCH3 is 1. The molecule has 0 saturated carbocycles. The number of carbonyl (C=O) groups excluding carboxylic acids is 1. The van der Waals surface area contributed by atoms with E-state index in [0.717, 1.165) is 26.5 Å². The maximum Gasteiger partial charge on any atom is 0.252 e. The summed E-state index contributed by atoms with van der Waals surface area (Å²) in [6.07, 6.45) is 3.45. The van der Waals surface area contributed by atoms with Crippen LogP contribution in [0.5, 0.6) is 11.5 Å². The number of hydrogen-bond donors (Lipinski definition) is 1. The smallest absolute Gasteiger partial charge is 0.252 e. The topological polar surface area (TPSA) is 73.3 Å². The zero-order chi connectivity index (χ0) is 22.5. The van der Waals surface area contributed by atoms with E-state index in [2.05, 4.69) is 26.2 Å². The van der Waals surface area contributed by atoms with Gasteiger partial charge < -0.3 is 14.8 Å². The van der Waals surface area contributed by atoms with Crippen LogP contribution in [0.15, 0.2) is 71.5 Å². The van der Waals surface area contributed by atoms with Crippen molar-refractivity contribution < 1.29 is 14.3 Å². The molecule has 2 aromatic carbocycles. The molecule has 0 aliphatic rings. The Kier molecular flexibility index (Phi) is 6.66. The van der Waals surface area contributed by atoms with Gasteiger partial charge in [-0.05, 0) is 61.0 Å². The molecular weight excluding hydrogens is 470 g/mol. The Morgan fingerprint density at radius 2 is 1.97 bits per heavy atom. The fourth-order valence-corrected chi connectivity index (χ4v) is 3.79. The first-order valence-electron chi connectivity index (χ1n) is 10.2. The summed E-state index contributed by atoms with van der Waals surface area (Å²) in [4.78, 5) is 22.1. The van der Waals surface area contributed by atoms with E-state index in [4.69, 9.17) is 14.5 Å². The van der Waals surface area contributed by atoms with Crippen LogP contribution in [0.4, 0.5) is 0 Å². The number of fused-ring (bicyclic) bond motifs is 1. The lowest BCUT2D eigenvalue weighted by molar-refractivity contribution is 0.0952. The van der Waals surface area contributed by atoms with E-state index in [1.807, 2.05) is 55.5 Å². The lowest BCUT2D eigenvalue weighted by atomic mass is 10.0. The predicted octanol–water partition coefficient (Wildman–Crippen LogP) is 5.40. The molecule has 32 heavy (non-hydrogen) atoms. The zero-order valence-electron chi connectivity index (χ0n) is 17.8. The van der Waals surface area contributed by atoms with Gasteiger partial charge in [0.15, 0.2) is 11.5 Å². The Labute approximate surface area is 194 Å². The van der Waals surface area contributed by atoms with E-state index in [-0.39, 0.29) is 5.91 Å². The van der Waals surface area contributed by atoms with E-state index in [9.17, 15) is 4.79 Å². The fourth-order valence-electron chi connectivity index (χ4n) is 3.42. The van der Waals surface area contributed by atoms with Crippen LogP contribution in [0, 0.1) is 0 Å². The number of aromatic nitrogens is 2. The van der Waals surface area contributed by atoms with Crippen LogP contribution in [0.25, 0.3) is 22.2 Å². The lowest BCUT2D eigenvalue weighted by Crippen LogP contribution is -2.23. The number of nitrogens with zero attached hydrogens (tertiary/aromatic N) is 2. The largest absolute Gasteiger partial charge is 0.493 e. The minimum Gasteiger partial charge on any atom is -0.493 e. The second-order valence-corrected chi connectivity index (χ2v) is 7.97. The normalized spacial score (nSPS) is 10.7. The average Bonchev–Trinajstić information content (AvgIpc) is 2.82. The third-order valence-electron chi connectivity index (χ3n) is 4.95. The molecule has 2 heterocycles. The molecule has 162 valence electrons. The Bertz CT molecular complexity index is 1260. The molecule has 0 unspecified atom stereocenters. The minimum absolute atomic E-state index is 0.186. The van der Waals surface area contributed by atoms with E-state index in [1.54, 1.807) is 25.6 Å². The molecule has 6 nitrogen and oxygen atoms in total. The molecule has 4 aromatic rings. The van der Waals surface area contributed by atoms with Gasteiger partial charge in [-0.2, -0.15) is 0 Å². The van der Waals surface area contributed by atoms with Gasteiger partial charge in [0.25, 0.3) is 5.91 Å². The summed E-state index contributed by atoms with van der Waals surface area (Å²) in [5, 5.41) is 3.79. The molecular formula is C25H22BrN3O3. The van der Waals surface area contributed by atoms with Crippen molar-refractivity contribution in [2.75, 3.05) is 13.7 Å². The Balaban J connectivity index is 1.66. The number of rotatable bonds is 7. The van der Waals surface area contributed by atoms with Crippen LogP contribution >= 0.6 is 15.9 Å². The molecule has 0 aliphatic carbocycles. The maximum absolute atomic E-state index is 13.2. The van der Waals surface area contributed by atoms with E-state index < -0.39 is 0 Å². The molecule has 0 atom stereocenters. The van der Waals surface area contributed by atoms with Crippen LogP contribution in [-0.2, 0) is 6.54 Å². The van der Waals surface area contributed by atoms with Gasteiger partial charge >= 0.3 is 0 Å². The molecule has 1 N–H and O–H groups in total. The van der Waals surface area contributed by atoms with E-state index in [1.165, 1.54) is 0 Å². The molecule has 2 aromatic heterocycles. The molecule has 0 aliphatic heterocycles. The molecule has 1 amide bonds. The third kappa shape index (κ3) is 4.73. The van der Waals surface area contributed by atoms with E-state index >= 15 is 0 Å². The molecule has 7 heteroatoms. The highest BCUT2D eigenvalue weighted by Gasteiger charge is 2.15. The van der Waals surface area contributed by atoms with Gasteiger partial charge in [0.2, 0.25) is 0 Å². The summed E-state index contributed by atoms with van der Waals surface area (Å²) < 4.78 is 11.9. The second kappa shape index (κ2) is 9.78. The van der Waals surface area contributed by atoms with Crippen molar-refractivity contribution in [2.45, 2.75) is 13.5 Å². The number of benzene rings is 2. The van der Waals surface area contributed by atoms with Crippen LogP contribution in [0.1, 0.15) is 22.8 Å². The van der Waals surface area contributed by atoms with Crippen molar-refractivity contribution in [1.29, 1.82) is 0 Å². The van der Waals surface area contributed by atoms with Crippen molar-refractivity contribution in [3.63, 3.8) is 0 Å². The van der Waals surface area contributed by atoms with Gasteiger partial charge in [-0.3, -0.25) is 9.78 Å². The Hall–Kier alpha value is -3.45. The molecule has 0 fully saturated rings.